The SMILES string of the molecule is Cc1ccc2cc(-c3ccc4ccc(-c5cc6ccccc6oc5=O)cc4c3)c(=O)oc2c1. The van der Waals surface area contributed by atoms with Gasteiger partial charge in [-0.1, -0.05) is 54.6 Å². The third kappa shape index (κ3) is 3.33. The Bertz CT molecular complexity index is 1820. The molecule has 0 spiro atoms. The van der Waals surface area contributed by atoms with Crippen molar-refractivity contribution in [2.75, 3.05) is 0 Å². The van der Waals surface area contributed by atoms with Gasteiger partial charge in [-0.3, -0.25) is 0 Å². The number of aryl methyl sites for hydroxylation is 1. The zero-order valence-corrected chi connectivity index (χ0v) is 17.8. The largest absolute Gasteiger partial charge is 0.422 e. The van der Waals surface area contributed by atoms with Crippen molar-refractivity contribution in [2.24, 2.45) is 0 Å². The van der Waals surface area contributed by atoms with Gasteiger partial charge in [0, 0.05) is 10.8 Å². The molecule has 0 atom stereocenters. The predicted molar refractivity (Wildman–Crippen MR) is 132 cm³/mol. The van der Waals surface area contributed by atoms with E-state index in [1.807, 2.05) is 91.9 Å². The van der Waals surface area contributed by atoms with Gasteiger partial charge in [-0.15, -0.1) is 0 Å². The Morgan fingerprint density at radius 1 is 0.515 bits per heavy atom. The van der Waals surface area contributed by atoms with Crippen LogP contribution in [0.3, 0.4) is 0 Å². The van der Waals surface area contributed by atoms with Crippen LogP contribution < -0.4 is 11.3 Å². The molecule has 0 N–H and O–H groups in total. The summed E-state index contributed by atoms with van der Waals surface area (Å²) in [5.74, 6) is 0. The molecule has 0 amide bonds. The maximum absolute atomic E-state index is 12.7. The first-order valence-electron chi connectivity index (χ1n) is 10.7. The van der Waals surface area contributed by atoms with Crippen molar-refractivity contribution in [1.29, 1.82) is 0 Å². The standard InChI is InChI=1S/C29H18O4/c1-17-6-7-22-16-25(29(31)33-27(22)12-17)20-11-9-18-8-10-19(13-23(18)14-20)24-15-21-4-2-3-5-26(21)32-28(24)30/h2-16H,1H3. The molecule has 0 radical (unpaired) electrons. The van der Waals surface area contributed by atoms with Gasteiger partial charge < -0.3 is 8.83 Å². The lowest BCUT2D eigenvalue weighted by atomic mass is 9.98. The van der Waals surface area contributed by atoms with Crippen molar-refractivity contribution < 1.29 is 8.83 Å². The number of para-hydroxylation sites is 1. The lowest BCUT2D eigenvalue weighted by molar-refractivity contribution is 0.563. The zero-order chi connectivity index (χ0) is 22.5. The molecule has 4 aromatic carbocycles. The van der Waals surface area contributed by atoms with E-state index in [0.717, 1.165) is 38.2 Å². The molecule has 4 nitrogen and oxygen atoms in total. The summed E-state index contributed by atoms with van der Waals surface area (Å²) >= 11 is 0. The van der Waals surface area contributed by atoms with E-state index in [1.165, 1.54) is 0 Å². The fraction of sp³-hybridized carbons (Fsp3) is 0.0345. The van der Waals surface area contributed by atoms with Crippen molar-refractivity contribution in [2.45, 2.75) is 6.92 Å². The molecule has 0 fully saturated rings. The summed E-state index contributed by atoms with van der Waals surface area (Å²) in [7, 11) is 0. The molecule has 0 bridgehead atoms. The summed E-state index contributed by atoms with van der Waals surface area (Å²) in [5, 5.41) is 3.66. The molecule has 0 saturated heterocycles. The lowest BCUT2D eigenvalue weighted by Gasteiger charge is -2.07. The molecule has 6 rings (SSSR count). The second-order valence-electron chi connectivity index (χ2n) is 8.25. The van der Waals surface area contributed by atoms with E-state index in [1.54, 1.807) is 6.07 Å². The summed E-state index contributed by atoms with van der Waals surface area (Å²) in [6, 6.07) is 28.6. The quantitative estimate of drug-likeness (QED) is 0.287. The van der Waals surface area contributed by atoms with Gasteiger partial charge in [0.2, 0.25) is 0 Å². The van der Waals surface area contributed by atoms with Crippen LogP contribution in [-0.4, -0.2) is 0 Å². The van der Waals surface area contributed by atoms with Gasteiger partial charge in [-0.2, -0.15) is 0 Å². The monoisotopic (exact) mass is 430 g/mol. The van der Waals surface area contributed by atoms with E-state index < -0.39 is 0 Å². The fourth-order valence-corrected chi connectivity index (χ4v) is 4.26. The molecule has 2 heterocycles. The highest BCUT2D eigenvalue weighted by Crippen LogP contribution is 2.29. The number of benzene rings is 4. The predicted octanol–water partition coefficient (Wildman–Crippen LogP) is 6.70. The van der Waals surface area contributed by atoms with Crippen LogP contribution in [0.2, 0.25) is 0 Å². The van der Waals surface area contributed by atoms with E-state index in [0.29, 0.717) is 22.3 Å². The molecular weight excluding hydrogens is 412 g/mol. The molecular formula is C29H18O4. The molecule has 4 heteroatoms. The second kappa shape index (κ2) is 7.31. The van der Waals surface area contributed by atoms with Gasteiger partial charge in [0.1, 0.15) is 11.2 Å². The third-order valence-electron chi connectivity index (χ3n) is 6.00. The van der Waals surface area contributed by atoms with Crippen LogP contribution >= 0.6 is 0 Å². The first kappa shape index (κ1) is 19.3. The Balaban J connectivity index is 1.51. The summed E-state index contributed by atoms with van der Waals surface area (Å²) in [6.45, 7) is 1.96. The van der Waals surface area contributed by atoms with Gasteiger partial charge in [-0.25, -0.2) is 9.59 Å². The highest BCUT2D eigenvalue weighted by molar-refractivity contribution is 5.92. The molecule has 0 unspecified atom stereocenters. The molecule has 0 aliphatic carbocycles. The minimum Gasteiger partial charge on any atom is -0.422 e. The summed E-state index contributed by atoms with van der Waals surface area (Å²) in [5.41, 5.74) is 3.96. The number of fused-ring (bicyclic) bond motifs is 3. The van der Waals surface area contributed by atoms with Crippen molar-refractivity contribution >= 4 is 32.7 Å². The van der Waals surface area contributed by atoms with Crippen LogP contribution in [0, 0.1) is 6.92 Å². The number of hydrogen-bond donors (Lipinski definition) is 0. The van der Waals surface area contributed by atoms with Crippen LogP contribution in [-0.2, 0) is 0 Å². The number of hydrogen-bond acceptors (Lipinski definition) is 4. The molecule has 158 valence electrons. The van der Waals surface area contributed by atoms with Crippen LogP contribution in [0.4, 0.5) is 0 Å². The Morgan fingerprint density at radius 2 is 1.09 bits per heavy atom. The van der Waals surface area contributed by atoms with E-state index in [9.17, 15) is 9.59 Å². The first-order chi connectivity index (χ1) is 16.0. The fourth-order valence-electron chi connectivity index (χ4n) is 4.26. The van der Waals surface area contributed by atoms with E-state index in [2.05, 4.69) is 0 Å². The highest BCUT2D eigenvalue weighted by atomic mass is 16.4. The van der Waals surface area contributed by atoms with Crippen molar-refractivity contribution in [3.63, 3.8) is 0 Å². The molecule has 0 aliphatic rings. The number of rotatable bonds is 2. The zero-order valence-electron chi connectivity index (χ0n) is 17.8. The van der Waals surface area contributed by atoms with Crippen molar-refractivity contribution in [3.8, 4) is 22.3 Å². The van der Waals surface area contributed by atoms with E-state index >= 15 is 0 Å². The second-order valence-corrected chi connectivity index (χ2v) is 8.25. The van der Waals surface area contributed by atoms with E-state index in [4.69, 9.17) is 8.83 Å². The van der Waals surface area contributed by atoms with Gasteiger partial charge in [0.25, 0.3) is 0 Å². The lowest BCUT2D eigenvalue weighted by Crippen LogP contribution is -2.03. The minimum absolute atomic E-state index is 0.376. The van der Waals surface area contributed by atoms with Gasteiger partial charge in [0.15, 0.2) is 0 Å². The summed E-state index contributed by atoms with van der Waals surface area (Å²) in [4.78, 5) is 25.3. The summed E-state index contributed by atoms with van der Waals surface area (Å²) in [6.07, 6.45) is 0. The Kier molecular flexibility index (Phi) is 4.27. The van der Waals surface area contributed by atoms with E-state index in [-0.39, 0.29) is 11.3 Å². The van der Waals surface area contributed by atoms with Gasteiger partial charge >= 0.3 is 11.3 Å². The van der Waals surface area contributed by atoms with Crippen molar-refractivity contribution in [1.82, 2.24) is 0 Å². The van der Waals surface area contributed by atoms with Crippen LogP contribution in [0.25, 0.3) is 55.0 Å². The minimum atomic E-state index is -0.380. The van der Waals surface area contributed by atoms with Crippen LogP contribution in [0.15, 0.2) is 109 Å². The maximum atomic E-state index is 12.7. The molecule has 6 aromatic rings. The third-order valence-corrected chi connectivity index (χ3v) is 6.00. The topological polar surface area (TPSA) is 60.4 Å². The summed E-state index contributed by atoms with van der Waals surface area (Å²) < 4.78 is 11.1. The smallest absolute Gasteiger partial charge is 0.344 e. The normalized spacial score (nSPS) is 11.4. The molecule has 0 aliphatic heterocycles. The van der Waals surface area contributed by atoms with Crippen molar-refractivity contribution in [3.05, 3.63) is 117 Å². The Morgan fingerprint density at radius 3 is 1.79 bits per heavy atom. The molecule has 0 saturated carbocycles. The first-order valence-corrected chi connectivity index (χ1v) is 10.7. The van der Waals surface area contributed by atoms with Gasteiger partial charge in [0.05, 0.1) is 11.1 Å². The average molecular weight is 430 g/mol. The average Bonchev–Trinajstić information content (AvgIpc) is 2.82. The van der Waals surface area contributed by atoms with Gasteiger partial charge in [-0.05, 0) is 70.8 Å². The van der Waals surface area contributed by atoms with Crippen LogP contribution in [0.5, 0.6) is 0 Å². The molecule has 2 aromatic heterocycles. The van der Waals surface area contributed by atoms with Crippen LogP contribution in [0.1, 0.15) is 5.56 Å². The Labute approximate surface area is 188 Å². The molecule has 33 heavy (non-hydrogen) atoms. The highest BCUT2D eigenvalue weighted by Gasteiger charge is 2.11. The maximum Gasteiger partial charge on any atom is 0.344 e. The Hall–Kier alpha value is -4.44.